The molecule has 1 N–H and O–H groups in total. The quantitative estimate of drug-likeness (QED) is 0.481. The number of rotatable bonds is 6. The second-order valence-corrected chi connectivity index (χ2v) is 7.25. The molecular formula is C23H20N4O4. The molecule has 2 aromatic heterocycles. The average molecular weight is 416 g/mol. The number of hydrogen-bond acceptors (Lipinski definition) is 6. The molecule has 0 saturated carbocycles. The van der Waals surface area contributed by atoms with Gasteiger partial charge in [0.2, 0.25) is 5.91 Å². The third-order valence-electron chi connectivity index (χ3n) is 4.91. The van der Waals surface area contributed by atoms with Gasteiger partial charge in [0.15, 0.2) is 5.78 Å². The molecule has 2 heterocycles. The number of Topliss-reactive ketones (excluding diaryl/α,β-unsaturated/α-hetero) is 1. The van der Waals surface area contributed by atoms with Crippen molar-refractivity contribution in [3.63, 3.8) is 0 Å². The summed E-state index contributed by atoms with van der Waals surface area (Å²) in [6, 6.07) is 14.4. The number of carbonyl (C=O) groups is 2. The van der Waals surface area contributed by atoms with Crippen molar-refractivity contribution >= 4 is 28.5 Å². The third kappa shape index (κ3) is 4.28. The van der Waals surface area contributed by atoms with E-state index in [1.54, 1.807) is 24.3 Å². The van der Waals surface area contributed by atoms with Crippen molar-refractivity contribution in [2.75, 3.05) is 5.32 Å². The number of carbonyl (C=O) groups excluding carboxylic acids is 2. The average Bonchev–Trinajstić information content (AvgIpc) is 3.19. The number of fused-ring (bicyclic) bond motifs is 1. The summed E-state index contributed by atoms with van der Waals surface area (Å²) in [5.74, 6) is -0.371. The lowest BCUT2D eigenvalue weighted by Gasteiger charge is -2.07. The SMILES string of the molecule is CC(=O)c1cccc(NC(=O)CCn2cnc3c(-c4ccc(C)cc4)noc3c2=O)c1. The number of anilines is 1. The number of amides is 1. The Hall–Kier alpha value is -4.07. The number of aromatic nitrogens is 3. The van der Waals surface area contributed by atoms with Crippen molar-refractivity contribution in [1.29, 1.82) is 0 Å². The van der Waals surface area contributed by atoms with Crippen molar-refractivity contribution in [2.45, 2.75) is 26.8 Å². The van der Waals surface area contributed by atoms with E-state index in [9.17, 15) is 14.4 Å². The Morgan fingerprint density at radius 3 is 2.65 bits per heavy atom. The second kappa shape index (κ2) is 8.35. The van der Waals surface area contributed by atoms with Gasteiger partial charge < -0.3 is 9.84 Å². The Morgan fingerprint density at radius 2 is 1.90 bits per heavy atom. The van der Waals surface area contributed by atoms with Crippen LogP contribution in [0.5, 0.6) is 0 Å². The van der Waals surface area contributed by atoms with E-state index in [4.69, 9.17) is 4.52 Å². The molecule has 8 nitrogen and oxygen atoms in total. The first-order valence-corrected chi connectivity index (χ1v) is 9.75. The monoisotopic (exact) mass is 416 g/mol. The molecule has 0 bridgehead atoms. The maximum absolute atomic E-state index is 12.7. The van der Waals surface area contributed by atoms with Crippen molar-refractivity contribution in [3.8, 4) is 11.3 Å². The number of benzene rings is 2. The van der Waals surface area contributed by atoms with Crippen molar-refractivity contribution in [3.05, 3.63) is 76.3 Å². The zero-order valence-corrected chi connectivity index (χ0v) is 17.1. The third-order valence-corrected chi connectivity index (χ3v) is 4.91. The fourth-order valence-corrected chi connectivity index (χ4v) is 3.18. The van der Waals surface area contributed by atoms with Gasteiger partial charge in [0.05, 0.1) is 6.33 Å². The van der Waals surface area contributed by atoms with Crippen LogP contribution in [0, 0.1) is 6.92 Å². The lowest BCUT2D eigenvalue weighted by molar-refractivity contribution is -0.116. The Morgan fingerprint density at radius 1 is 1.13 bits per heavy atom. The lowest BCUT2D eigenvalue weighted by atomic mass is 10.1. The Balaban J connectivity index is 1.49. The lowest BCUT2D eigenvalue weighted by Crippen LogP contribution is -2.23. The summed E-state index contributed by atoms with van der Waals surface area (Å²) in [6.07, 6.45) is 1.44. The molecule has 0 radical (unpaired) electrons. The Kier molecular flexibility index (Phi) is 5.44. The van der Waals surface area contributed by atoms with Crippen LogP contribution in [0.1, 0.15) is 29.3 Å². The first-order valence-electron chi connectivity index (χ1n) is 9.75. The molecule has 2 aromatic carbocycles. The maximum atomic E-state index is 12.7. The van der Waals surface area contributed by atoms with Gasteiger partial charge in [-0.05, 0) is 26.0 Å². The largest absolute Gasteiger partial charge is 0.348 e. The smallest absolute Gasteiger partial charge is 0.299 e. The fourth-order valence-electron chi connectivity index (χ4n) is 3.18. The molecule has 0 saturated heterocycles. The molecule has 0 fully saturated rings. The summed E-state index contributed by atoms with van der Waals surface area (Å²) in [7, 11) is 0. The molecule has 0 spiro atoms. The van der Waals surface area contributed by atoms with Crippen LogP contribution in [-0.2, 0) is 11.3 Å². The van der Waals surface area contributed by atoms with Crippen LogP contribution in [0.15, 0.2) is 64.2 Å². The van der Waals surface area contributed by atoms with Gasteiger partial charge in [0.25, 0.3) is 11.1 Å². The molecule has 0 aliphatic rings. The molecule has 4 aromatic rings. The number of ketones is 1. The summed E-state index contributed by atoms with van der Waals surface area (Å²) < 4.78 is 6.58. The normalized spacial score (nSPS) is 10.9. The standard InChI is InChI=1S/C23H20N4O4/c1-14-6-8-16(9-7-14)20-21-22(31-26-20)23(30)27(13-24-21)11-10-19(29)25-18-5-3-4-17(12-18)15(2)28/h3-9,12-13H,10-11H2,1-2H3,(H,25,29). The van der Waals surface area contributed by atoms with Crippen LogP contribution in [0.25, 0.3) is 22.4 Å². The first-order chi connectivity index (χ1) is 14.9. The van der Waals surface area contributed by atoms with Gasteiger partial charge in [-0.25, -0.2) is 4.98 Å². The molecule has 156 valence electrons. The number of aryl methyl sites for hydroxylation is 2. The minimum atomic E-state index is -0.401. The van der Waals surface area contributed by atoms with Crippen molar-refractivity contribution < 1.29 is 14.1 Å². The number of hydrogen-bond donors (Lipinski definition) is 1. The van der Waals surface area contributed by atoms with Crippen LogP contribution in [0.3, 0.4) is 0 Å². The van der Waals surface area contributed by atoms with Crippen molar-refractivity contribution in [1.82, 2.24) is 14.7 Å². The van der Waals surface area contributed by atoms with Gasteiger partial charge in [0, 0.05) is 29.8 Å². The molecule has 0 aliphatic carbocycles. The fraction of sp³-hybridized carbons (Fsp3) is 0.174. The van der Waals surface area contributed by atoms with E-state index in [2.05, 4.69) is 15.5 Å². The first kappa shape index (κ1) is 20.2. The zero-order chi connectivity index (χ0) is 22.0. The molecule has 0 atom stereocenters. The van der Waals surface area contributed by atoms with Gasteiger partial charge >= 0.3 is 0 Å². The number of nitrogens with zero attached hydrogens (tertiary/aromatic N) is 3. The molecule has 0 aliphatic heterocycles. The highest BCUT2D eigenvalue weighted by Gasteiger charge is 2.16. The summed E-state index contributed by atoms with van der Waals surface area (Å²) in [5, 5.41) is 6.74. The minimum Gasteiger partial charge on any atom is -0.348 e. The van der Waals surface area contributed by atoms with E-state index < -0.39 is 5.56 Å². The summed E-state index contributed by atoms with van der Waals surface area (Å²) in [6.45, 7) is 3.57. The highest BCUT2D eigenvalue weighted by atomic mass is 16.5. The topological polar surface area (TPSA) is 107 Å². The summed E-state index contributed by atoms with van der Waals surface area (Å²) in [4.78, 5) is 40.8. The van der Waals surface area contributed by atoms with Crippen LogP contribution in [-0.4, -0.2) is 26.4 Å². The summed E-state index contributed by atoms with van der Waals surface area (Å²) >= 11 is 0. The van der Waals surface area contributed by atoms with E-state index in [1.165, 1.54) is 17.8 Å². The van der Waals surface area contributed by atoms with Crippen molar-refractivity contribution in [2.24, 2.45) is 0 Å². The van der Waals surface area contributed by atoms with Gasteiger partial charge in [-0.2, -0.15) is 0 Å². The molecule has 0 unspecified atom stereocenters. The van der Waals surface area contributed by atoms with Crippen LogP contribution < -0.4 is 10.9 Å². The molecular weight excluding hydrogens is 396 g/mol. The highest BCUT2D eigenvalue weighted by molar-refractivity contribution is 5.97. The maximum Gasteiger partial charge on any atom is 0.299 e. The number of nitrogens with one attached hydrogen (secondary N) is 1. The van der Waals surface area contributed by atoms with E-state index in [0.29, 0.717) is 22.5 Å². The van der Waals surface area contributed by atoms with E-state index in [1.807, 2.05) is 31.2 Å². The van der Waals surface area contributed by atoms with Crippen LogP contribution in [0.4, 0.5) is 5.69 Å². The van der Waals surface area contributed by atoms with Gasteiger partial charge in [-0.3, -0.25) is 19.0 Å². The summed E-state index contributed by atoms with van der Waals surface area (Å²) in [5.41, 5.74) is 3.49. The second-order valence-electron chi connectivity index (χ2n) is 7.25. The molecule has 4 rings (SSSR count). The highest BCUT2D eigenvalue weighted by Crippen LogP contribution is 2.24. The predicted molar refractivity (Wildman–Crippen MR) is 116 cm³/mol. The van der Waals surface area contributed by atoms with Crippen LogP contribution in [0.2, 0.25) is 0 Å². The predicted octanol–water partition coefficient (Wildman–Crippen LogP) is 3.59. The molecule has 1 amide bonds. The van der Waals surface area contributed by atoms with Gasteiger partial charge in [-0.15, -0.1) is 0 Å². The van der Waals surface area contributed by atoms with Crippen LogP contribution >= 0.6 is 0 Å². The van der Waals surface area contributed by atoms with Gasteiger partial charge in [0.1, 0.15) is 11.2 Å². The van der Waals surface area contributed by atoms with Gasteiger partial charge in [-0.1, -0.05) is 47.1 Å². The zero-order valence-electron chi connectivity index (χ0n) is 17.1. The van der Waals surface area contributed by atoms with E-state index >= 15 is 0 Å². The molecule has 8 heteroatoms. The van der Waals surface area contributed by atoms with E-state index in [0.717, 1.165) is 11.1 Å². The van der Waals surface area contributed by atoms with E-state index in [-0.39, 0.29) is 30.2 Å². The molecule has 31 heavy (non-hydrogen) atoms. The Labute approximate surface area is 177 Å². The minimum absolute atomic E-state index is 0.0487. The Bertz CT molecular complexity index is 1340.